The first-order chi connectivity index (χ1) is 9.88. The van der Waals surface area contributed by atoms with Crippen LogP contribution in [0.5, 0.6) is 0 Å². The highest BCUT2D eigenvalue weighted by Gasteiger charge is 2.24. The molecule has 0 aromatic heterocycles. The smallest absolute Gasteiger partial charge is 0.152 e. The van der Waals surface area contributed by atoms with Crippen molar-refractivity contribution < 1.29 is 12.8 Å². The van der Waals surface area contributed by atoms with E-state index in [1.54, 1.807) is 26.0 Å². The molecular formula is C16H24FNO2S. The third-order valence-corrected chi connectivity index (χ3v) is 6.28. The standard InChI is InChI=1S/C16H24FNO2S/c1-12(2)21(19,20)10-9-14(11-18-16-7-8-16)13-3-5-15(17)6-4-13/h3-6,12,14,16,18H,7-11H2,1-2H3. The van der Waals surface area contributed by atoms with Crippen LogP contribution < -0.4 is 5.32 Å². The van der Waals surface area contributed by atoms with Crippen molar-refractivity contribution >= 4 is 9.84 Å². The Balaban J connectivity index is 2.02. The van der Waals surface area contributed by atoms with Gasteiger partial charge >= 0.3 is 0 Å². The summed E-state index contributed by atoms with van der Waals surface area (Å²) in [6.07, 6.45) is 2.97. The second kappa shape index (κ2) is 6.88. The van der Waals surface area contributed by atoms with Gasteiger partial charge < -0.3 is 5.32 Å². The van der Waals surface area contributed by atoms with Crippen LogP contribution in [0.25, 0.3) is 0 Å². The van der Waals surface area contributed by atoms with Crippen LogP contribution in [0.4, 0.5) is 4.39 Å². The van der Waals surface area contributed by atoms with Crippen molar-refractivity contribution in [2.24, 2.45) is 0 Å². The van der Waals surface area contributed by atoms with Crippen LogP contribution in [0.2, 0.25) is 0 Å². The Hall–Kier alpha value is -0.940. The van der Waals surface area contributed by atoms with E-state index in [2.05, 4.69) is 5.32 Å². The van der Waals surface area contributed by atoms with Crippen LogP contribution in [0.3, 0.4) is 0 Å². The minimum absolute atomic E-state index is 0.111. The van der Waals surface area contributed by atoms with E-state index in [9.17, 15) is 12.8 Å². The first kappa shape index (κ1) is 16.4. The van der Waals surface area contributed by atoms with E-state index in [0.717, 1.165) is 12.1 Å². The van der Waals surface area contributed by atoms with E-state index >= 15 is 0 Å². The van der Waals surface area contributed by atoms with Crippen molar-refractivity contribution in [2.45, 2.75) is 50.3 Å². The molecule has 1 aliphatic rings. The third-order valence-electron chi connectivity index (χ3n) is 4.04. The van der Waals surface area contributed by atoms with Gasteiger partial charge in [0.05, 0.1) is 11.0 Å². The molecule has 0 aliphatic heterocycles. The van der Waals surface area contributed by atoms with Gasteiger partial charge in [0.25, 0.3) is 0 Å². The second-order valence-corrected chi connectivity index (χ2v) is 8.81. The molecule has 1 atom stereocenters. The van der Waals surface area contributed by atoms with Crippen molar-refractivity contribution in [2.75, 3.05) is 12.3 Å². The lowest BCUT2D eigenvalue weighted by molar-refractivity contribution is 0.549. The zero-order valence-electron chi connectivity index (χ0n) is 12.7. The molecule has 1 unspecified atom stereocenters. The Bertz CT molecular complexity index is 550. The number of nitrogens with one attached hydrogen (secondary N) is 1. The van der Waals surface area contributed by atoms with Gasteiger partial charge in [-0.2, -0.15) is 0 Å². The zero-order chi connectivity index (χ0) is 15.5. The maximum absolute atomic E-state index is 13.0. The Labute approximate surface area is 126 Å². The third kappa shape index (κ3) is 5.08. The van der Waals surface area contributed by atoms with Gasteiger partial charge in [0, 0.05) is 12.6 Å². The molecule has 0 saturated heterocycles. The van der Waals surface area contributed by atoms with Crippen molar-refractivity contribution in [1.82, 2.24) is 5.32 Å². The van der Waals surface area contributed by atoms with Crippen LogP contribution >= 0.6 is 0 Å². The normalized spacial score (nSPS) is 17.1. The van der Waals surface area contributed by atoms with E-state index in [-0.39, 0.29) is 22.7 Å². The highest BCUT2D eigenvalue weighted by Crippen LogP contribution is 2.24. The fourth-order valence-electron chi connectivity index (χ4n) is 2.26. The van der Waals surface area contributed by atoms with Crippen LogP contribution in [0, 0.1) is 5.82 Å². The molecule has 0 radical (unpaired) electrons. The lowest BCUT2D eigenvalue weighted by Gasteiger charge is -2.19. The van der Waals surface area contributed by atoms with E-state index in [1.165, 1.54) is 25.0 Å². The van der Waals surface area contributed by atoms with Gasteiger partial charge in [0.2, 0.25) is 0 Å². The summed E-state index contributed by atoms with van der Waals surface area (Å²) in [5.74, 6) is 0.0289. The molecule has 0 bridgehead atoms. The fourth-order valence-corrected chi connectivity index (χ4v) is 3.34. The summed E-state index contributed by atoms with van der Waals surface area (Å²) in [6, 6.07) is 6.98. The summed E-state index contributed by atoms with van der Waals surface area (Å²) < 4.78 is 37.0. The van der Waals surface area contributed by atoms with Crippen molar-refractivity contribution in [3.05, 3.63) is 35.6 Å². The summed E-state index contributed by atoms with van der Waals surface area (Å²) in [5.41, 5.74) is 1.00. The number of benzene rings is 1. The van der Waals surface area contributed by atoms with E-state index in [1.807, 2.05) is 0 Å². The van der Waals surface area contributed by atoms with Crippen molar-refractivity contribution in [1.29, 1.82) is 0 Å². The zero-order valence-corrected chi connectivity index (χ0v) is 13.5. The molecule has 5 heteroatoms. The van der Waals surface area contributed by atoms with E-state index in [0.29, 0.717) is 12.5 Å². The van der Waals surface area contributed by atoms with Crippen LogP contribution in [-0.4, -0.2) is 32.0 Å². The van der Waals surface area contributed by atoms with Gasteiger partial charge in [0.1, 0.15) is 5.82 Å². The highest BCUT2D eigenvalue weighted by molar-refractivity contribution is 7.91. The fraction of sp³-hybridized carbons (Fsp3) is 0.625. The second-order valence-electron chi connectivity index (χ2n) is 6.14. The predicted octanol–water partition coefficient (Wildman–Crippen LogP) is 2.87. The van der Waals surface area contributed by atoms with Gasteiger partial charge in [-0.1, -0.05) is 12.1 Å². The van der Waals surface area contributed by atoms with Gasteiger partial charge in [-0.3, -0.25) is 0 Å². The van der Waals surface area contributed by atoms with Gasteiger partial charge in [-0.25, -0.2) is 12.8 Å². The summed E-state index contributed by atoms with van der Waals surface area (Å²) in [5, 5.41) is 3.10. The molecule has 0 amide bonds. The lowest BCUT2D eigenvalue weighted by atomic mass is 9.96. The maximum Gasteiger partial charge on any atom is 0.152 e. The predicted molar refractivity (Wildman–Crippen MR) is 83.7 cm³/mol. The minimum atomic E-state index is -3.03. The van der Waals surface area contributed by atoms with Crippen LogP contribution in [0.15, 0.2) is 24.3 Å². The molecule has 21 heavy (non-hydrogen) atoms. The van der Waals surface area contributed by atoms with Crippen molar-refractivity contribution in [3.8, 4) is 0 Å². The summed E-state index contributed by atoms with van der Waals surface area (Å²) in [6.45, 7) is 4.18. The first-order valence-electron chi connectivity index (χ1n) is 7.59. The number of rotatable bonds is 8. The summed E-state index contributed by atoms with van der Waals surface area (Å²) in [7, 11) is -3.03. The first-order valence-corrected chi connectivity index (χ1v) is 9.30. The average molecular weight is 313 g/mol. The van der Waals surface area contributed by atoms with Crippen LogP contribution in [-0.2, 0) is 9.84 Å². The van der Waals surface area contributed by atoms with E-state index in [4.69, 9.17) is 0 Å². The molecule has 1 N–H and O–H groups in total. The number of sulfone groups is 1. The molecule has 0 spiro atoms. The maximum atomic E-state index is 13.0. The molecular weight excluding hydrogens is 289 g/mol. The van der Waals surface area contributed by atoms with Crippen LogP contribution in [0.1, 0.15) is 44.6 Å². The largest absolute Gasteiger partial charge is 0.313 e. The quantitative estimate of drug-likeness (QED) is 0.803. The minimum Gasteiger partial charge on any atom is -0.313 e. The molecule has 1 aliphatic carbocycles. The Morgan fingerprint density at radius 2 is 1.86 bits per heavy atom. The van der Waals surface area contributed by atoms with E-state index < -0.39 is 9.84 Å². The molecule has 2 rings (SSSR count). The summed E-state index contributed by atoms with van der Waals surface area (Å²) in [4.78, 5) is 0. The molecule has 3 nitrogen and oxygen atoms in total. The molecule has 1 saturated carbocycles. The SMILES string of the molecule is CC(C)S(=O)(=O)CCC(CNC1CC1)c1ccc(F)cc1. The highest BCUT2D eigenvalue weighted by atomic mass is 32.2. The van der Waals surface area contributed by atoms with Gasteiger partial charge in [0.15, 0.2) is 9.84 Å². The molecule has 118 valence electrons. The van der Waals surface area contributed by atoms with Crippen molar-refractivity contribution in [3.63, 3.8) is 0 Å². The Kier molecular flexibility index (Phi) is 5.38. The van der Waals surface area contributed by atoms with Gasteiger partial charge in [-0.15, -0.1) is 0 Å². The monoisotopic (exact) mass is 313 g/mol. The molecule has 1 fully saturated rings. The number of hydrogen-bond acceptors (Lipinski definition) is 3. The Morgan fingerprint density at radius 3 is 2.38 bits per heavy atom. The van der Waals surface area contributed by atoms with Gasteiger partial charge in [-0.05, 0) is 56.7 Å². The topological polar surface area (TPSA) is 46.2 Å². The number of halogens is 1. The Morgan fingerprint density at radius 1 is 1.24 bits per heavy atom. The molecule has 1 aromatic carbocycles. The number of hydrogen-bond donors (Lipinski definition) is 1. The lowest BCUT2D eigenvalue weighted by Crippen LogP contribution is -2.26. The summed E-state index contributed by atoms with van der Waals surface area (Å²) >= 11 is 0. The average Bonchev–Trinajstić information content (AvgIpc) is 3.24. The molecule has 1 aromatic rings. The molecule has 0 heterocycles.